The molecule has 2 saturated heterocycles. The van der Waals surface area contributed by atoms with Crippen LogP contribution in [0.15, 0.2) is 24.3 Å². The maximum absolute atomic E-state index is 6.19. The summed E-state index contributed by atoms with van der Waals surface area (Å²) in [5.41, 5.74) is 2.82. The lowest BCUT2D eigenvalue weighted by Gasteiger charge is -2.40. The molecule has 0 amide bonds. The zero-order valence-electron chi connectivity index (χ0n) is 15.4. The smallest absolute Gasteiger partial charge is 0.379 e. The minimum atomic E-state index is 0. The number of hydrogen-bond donors (Lipinski definition) is 0. The van der Waals surface area contributed by atoms with Crippen LogP contribution in [-0.2, 0) is 14.7 Å². The van der Waals surface area contributed by atoms with Crippen LogP contribution in [-0.4, -0.2) is 38.9 Å². The minimum absolute atomic E-state index is 0. The average molecular weight is 336 g/mol. The van der Waals surface area contributed by atoms with E-state index in [1.165, 1.54) is 49.7 Å². The fourth-order valence-corrected chi connectivity index (χ4v) is 5.72. The lowest BCUT2D eigenvalue weighted by Crippen LogP contribution is -2.41. The van der Waals surface area contributed by atoms with Gasteiger partial charge < -0.3 is 9.47 Å². The third kappa shape index (κ3) is 3.25. The van der Waals surface area contributed by atoms with E-state index in [0.29, 0.717) is 5.92 Å². The van der Waals surface area contributed by atoms with E-state index in [4.69, 9.17) is 9.47 Å². The van der Waals surface area contributed by atoms with Gasteiger partial charge in [-0.3, -0.25) is 0 Å². The highest BCUT2D eigenvalue weighted by Gasteiger charge is 2.35. The zero-order chi connectivity index (χ0) is 15.6. The Bertz CT molecular complexity index is 494. The first-order valence-electron chi connectivity index (χ1n) is 8.92. The van der Waals surface area contributed by atoms with Crippen molar-refractivity contribution in [3.63, 3.8) is 0 Å². The second-order valence-corrected chi connectivity index (χ2v) is 10.8. The standard InChI is InChI=1S/C18H30O2Si2/c1-14(17(21)10-2-4-12-19-17)15-6-8-16(9-7-15)18(22)11-3-5-13-20-18/h6-9,14H,2-5,10-13H2,1,21-22H3/p+1. The van der Waals surface area contributed by atoms with E-state index in [1.54, 1.807) is 0 Å². The first-order valence-corrected chi connectivity index (χ1v) is 10.9. The first kappa shape index (κ1) is 16.4. The second kappa shape index (κ2) is 6.59. The van der Waals surface area contributed by atoms with Crippen molar-refractivity contribution in [1.29, 1.82) is 0 Å². The summed E-state index contributed by atoms with van der Waals surface area (Å²) in [6.07, 6.45) is 7.51. The Kier molecular flexibility index (Phi) is 4.93. The normalized spacial score (nSPS) is 34.6. The maximum atomic E-state index is 6.19. The zero-order valence-corrected chi connectivity index (χ0v) is 18.4. The van der Waals surface area contributed by atoms with Crippen LogP contribution in [0.25, 0.3) is 0 Å². The Morgan fingerprint density at radius 3 is 2.14 bits per heavy atom. The molecule has 2 aliphatic rings. The topological polar surface area (TPSA) is 18.5 Å². The van der Waals surface area contributed by atoms with Gasteiger partial charge in [0.05, 0.1) is 10.4 Å². The van der Waals surface area contributed by atoms with E-state index in [1.807, 2.05) is 0 Å². The number of ether oxygens (including phenoxy) is 2. The van der Waals surface area contributed by atoms with Gasteiger partial charge in [-0.15, -0.1) is 0 Å². The fourth-order valence-electron chi connectivity index (χ4n) is 3.94. The van der Waals surface area contributed by atoms with Crippen molar-refractivity contribution in [2.45, 2.75) is 61.8 Å². The third-order valence-corrected chi connectivity index (χ3v) is 8.93. The lowest BCUT2D eigenvalue weighted by molar-refractivity contribution is -0.0319. The molecule has 0 radical (unpaired) electrons. The number of rotatable bonds is 3. The Hall–Kier alpha value is -0.426. The SMILES string of the molecule is CC(c1ccc(C2([SiH3])CCCCO2)cc1)C1([SiH3])CCCCO1.[H+]. The fraction of sp³-hybridized carbons (Fsp3) is 0.667. The molecule has 0 spiro atoms. The molecule has 0 aromatic heterocycles. The van der Waals surface area contributed by atoms with Gasteiger partial charge in [0.15, 0.2) is 0 Å². The molecule has 3 atom stereocenters. The van der Waals surface area contributed by atoms with Crippen molar-refractivity contribution in [2.24, 2.45) is 0 Å². The molecular weight excluding hydrogens is 304 g/mol. The van der Waals surface area contributed by atoms with Crippen LogP contribution < -0.4 is 0 Å². The van der Waals surface area contributed by atoms with Gasteiger partial charge in [-0.2, -0.15) is 0 Å². The van der Waals surface area contributed by atoms with Gasteiger partial charge in [0, 0.05) is 39.6 Å². The molecule has 0 N–H and O–H groups in total. The third-order valence-electron chi connectivity index (χ3n) is 5.91. The van der Waals surface area contributed by atoms with E-state index < -0.39 is 0 Å². The van der Waals surface area contributed by atoms with Crippen LogP contribution in [0.5, 0.6) is 0 Å². The molecule has 4 heteroatoms. The van der Waals surface area contributed by atoms with E-state index >= 15 is 0 Å². The summed E-state index contributed by atoms with van der Waals surface area (Å²) in [6.45, 7) is 4.23. The first-order chi connectivity index (χ1) is 10.5. The summed E-state index contributed by atoms with van der Waals surface area (Å²) in [5, 5.41) is 0.194. The van der Waals surface area contributed by atoms with Crippen molar-refractivity contribution >= 4 is 20.5 Å². The van der Waals surface area contributed by atoms with E-state index in [2.05, 4.69) is 31.2 Å². The quantitative estimate of drug-likeness (QED) is 0.785. The van der Waals surface area contributed by atoms with Crippen LogP contribution in [0.2, 0.25) is 0 Å². The highest BCUT2D eigenvalue weighted by molar-refractivity contribution is 6.15. The molecule has 2 heterocycles. The molecule has 0 aliphatic carbocycles. The van der Waals surface area contributed by atoms with Gasteiger partial charge in [0.25, 0.3) is 0 Å². The van der Waals surface area contributed by atoms with Gasteiger partial charge in [0.1, 0.15) is 0 Å². The van der Waals surface area contributed by atoms with Crippen LogP contribution in [0.3, 0.4) is 0 Å². The average Bonchev–Trinajstić information content (AvgIpc) is 2.56. The Labute approximate surface area is 142 Å². The molecule has 0 saturated carbocycles. The van der Waals surface area contributed by atoms with Crippen LogP contribution in [0.1, 0.15) is 63.9 Å². The van der Waals surface area contributed by atoms with Crippen molar-refractivity contribution in [2.75, 3.05) is 13.2 Å². The molecule has 3 unspecified atom stereocenters. The molecule has 22 heavy (non-hydrogen) atoms. The molecule has 2 aliphatic heterocycles. The van der Waals surface area contributed by atoms with Crippen molar-refractivity contribution in [3.05, 3.63) is 35.4 Å². The largest absolute Gasteiger partial charge is 1.00 e. The highest BCUT2D eigenvalue weighted by atomic mass is 28.1. The van der Waals surface area contributed by atoms with Gasteiger partial charge in [-0.05, 0) is 49.7 Å². The van der Waals surface area contributed by atoms with E-state index in [9.17, 15) is 0 Å². The number of benzene rings is 1. The van der Waals surface area contributed by atoms with Crippen LogP contribution >= 0.6 is 0 Å². The van der Waals surface area contributed by atoms with Gasteiger partial charge >= 0.3 is 1.43 Å². The maximum Gasteiger partial charge on any atom is 1.00 e. The summed E-state index contributed by atoms with van der Waals surface area (Å²) >= 11 is 0. The Balaban J connectivity index is 0.00000192. The summed E-state index contributed by atoms with van der Waals surface area (Å²) in [4.78, 5) is 0. The van der Waals surface area contributed by atoms with Crippen LogP contribution in [0, 0.1) is 0 Å². The predicted octanol–water partition coefficient (Wildman–Crippen LogP) is 1.88. The van der Waals surface area contributed by atoms with Gasteiger partial charge in [-0.25, -0.2) is 0 Å². The van der Waals surface area contributed by atoms with Gasteiger partial charge in [0.2, 0.25) is 0 Å². The van der Waals surface area contributed by atoms with Crippen molar-refractivity contribution in [3.8, 4) is 0 Å². The summed E-state index contributed by atoms with van der Waals surface area (Å²) in [5.74, 6) is 0.505. The van der Waals surface area contributed by atoms with Crippen molar-refractivity contribution in [1.82, 2.24) is 0 Å². The molecule has 2 nitrogen and oxygen atoms in total. The highest BCUT2D eigenvalue weighted by Crippen LogP contribution is 2.37. The lowest BCUT2D eigenvalue weighted by atomic mass is 9.88. The number of hydrogen-bond acceptors (Lipinski definition) is 2. The molecule has 1 aromatic carbocycles. The molecule has 0 bridgehead atoms. The summed E-state index contributed by atoms with van der Waals surface area (Å²) in [6, 6.07) is 9.29. The monoisotopic (exact) mass is 335 g/mol. The van der Waals surface area contributed by atoms with Crippen molar-refractivity contribution < 1.29 is 10.9 Å². The Morgan fingerprint density at radius 2 is 1.59 bits per heavy atom. The van der Waals surface area contributed by atoms with Gasteiger partial charge in [-0.1, -0.05) is 31.2 Å². The van der Waals surface area contributed by atoms with Crippen LogP contribution in [0.4, 0.5) is 0 Å². The predicted molar refractivity (Wildman–Crippen MR) is 99.9 cm³/mol. The summed E-state index contributed by atoms with van der Waals surface area (Å²) < 4.78 is 12.3. The second-order valence-electron chi connectivity index (χ2n) is 7.50. The minimum Gasteiger partial charge on any atom is -0.379 e. The van der Waals surface area contributed by atoms with E-state index in [-0.39, 0.29) is 11.9 Å². The van der Waals surface area contributed by atoms with E-state index in [0.717, 1.165) is 33.7 Å². The molecule has 122 valence electrons. The molecule has 1 aromatic rings. The molecule has 3 rings (SSSR count). The Morgan fingerprint density at radius 1 is 0.955 bits per heavy atom. The molecular formula is C18H31O2Si2+. The summed E-state index contributed by atoms with van der Waals surface area (Å²) in [7, 11) is 2.18. The molecule has 2 fully saturated rings.